The molecule has 0 radical (unpaired) electrons. The monoisotopic (exact) mass is 587 g/mol. The molecule has 4 rings (SSSR count). The lowest BCUT2D eigenvalue weighted by molar-refractivity contribution is -0.193. The average molecular weight is 587 g/mol. The Balaban J connectivity index is 0.000000317. The van der Waals surface area contributed by atoms with Gasteiger partial charge in [-0.25, -0.2) is 9.59 Å². The Morgan fingerprint density at radius 3 is 2.21 bits per heavy atom. The summed E-state index contributed by atoms with van der Waals surface area (Å²) in [6.07, 6.45) is -6.90. The van der Waals surface area contributed by atoms with Crippen molar-refractivity contribution in [1.29, 1.82) is 0 Å². The number of alkyl halides is 6. The van der Waals surface area contributed by atoms with Gasteiger partial charge in [0.15, 0.2) is 0 Å². The minimum absolute atomic E-state index is 0.0432. The summed E-state index contributed by atoms with van der Waals surface area (Å²) < 4.78 is 69.5. The number of carbonyl (C=O) groups excluding carboxylic acids is 1. The fourth-order valence-corrected chi connectivity index (χ4v) is 4.20. The quantitative estimate of drug-likeness (QED) is 0.455. The number of ether oxygens (including phenoxy) is 1. The first-order chi connectivity index (χ1) is 18.1. The summed E-state index contributed by atoms with van der Waals surface area (Å²) in [4.78, 5) is 36.7. The number of hydrogen-bond acceptors (Lipinski definition) is 9. The van der Waals surface area contributed by atoms with E-state index in [4.69, 9.17) is 24.5 Å². The van der Waals surface area contributed by atoms with Crippen LogP contribution < -0.4 is 10.2 Å². The molecular formula is C21H23F6N5O6S. The number of aromatic nitrogens is 3. The van der Waals surface area contributed by atoms with Gasteiger partial charge in [0.1, 0.15) is 11.1 Å². The number of pyridine rings is 1. The average Bonchev–Trinajstić information content (AvgIpc) is 3.48. The Bertz CT molecular complexity index is 1090. The van der Waals surface area contributed by atoms with Crippen molar-refractivity contribution < 1.29 is 55.7 Å². The number of carboxylic acid groups (broad SMARTS) is 2. The fraction of sp³-hybridized carbons (Fsp3) is 0.524. The van der Waals surface area contributed by atoms with Crippen LogP contribution in [0.15, 0.2) is 24.4 Å². The summed E-state index contributed by atoms with van der Waals surface area (Å²) in [6.45, 7) is 4.12. The van der Waals surface area contributed by atoms with Gasteiger partial charge < -0.3 is 25.2 Å². The van der Waals surface area contributed by atoms with Crippen LogP contribution in [0.5, 0.6) is 0 Å². The van der Waals surface area contributed by atoms with E-state index >= 15 is 0 Å². The van der Waals surface area contributed by atoms with E-state index in [1.807, 2.05) is 25.1 Å². The number of nitrogens with one attached hydrogen (secondary N) is 1. The molecule has 11 nitrogen and oxygen atoms in total. The van der Waals surface area contributed by atoms with Crippen molar-refractivity contribution in [3.05, 3.63) is 35.1 Å². The maximum Gasteiger partial charge on any atom is 0.490 e. The van der Waals surface area contributed by atoms with Crippen LogP contribution in [0.1, 0.15) is 23.5 Å². The molecule has 2 aliphatic rings. The van der Waals surface area contributed by atoms with Crippen molar-refractivity contribution in [1.82, 2.24) is 20.5 Å². The van der Waals surface area contributed by atoms with Gasteiger partial charge in [0, 0.05) is 19.3 Å². The fourth-order valence-electron chi connectivity index (χ4n) is 3.48. The van der Waals surface area contributed by atoms with Crippen LogP contribution >= 0.6 is 11.3 Å². The minimum Gasteiger partial charge on any atom is -0.475 e. The summed E-state index contributed by atoms with van der Waals surface area (Å²) in [5, 5.41) is 27.4. The Morgan fingerprint density at radius 2 is 1.72 bits per heavy atom. The molecule has 2 aromatic heterocycles. The van der Waals surface area contributed by atoms with Gasteiger partial charge >= 0.3 is 24.3 Å². The van der Waals surface area contributed by atoms with Crippen LogP contribution in [0, 0.1) is 12.8 Å². The molecule has 0 spiro atoms. The van der Waals surface area contributed by atoms with Gasteiger partial charge in [0.2, 0.25) is 11.0 Å². The van der Waals surface area contributed by atoms with Crippen LogP contribution in [-0.4, -0.2) is 80.9 Å². The highest BCUT2D eigenvalue weighted by Crippen LogP contribution is 2.35. The number of carboxylic acids is 2. The second kappa shape index (κ2) is 13.5. The van der Waals surface area contributed by atoms with E-state index in [2.05, 4.69) is 25.4 Å². The van der Waals surface area contributed by atoms with E-state index in [0.717, 1.165) is 41.8 Å². The van der Waals surface area contributed by atoms with Crippen molar-refractivity contribution in [2.24, 2.45) is 5.92 Å². The third-order valence-corrected chi connectivity index (χ3v) is 6.18. The first kappa shape index (κ1) is 31.7. The number of rotatable bonds is 4. The SMILES string of the molecule is Cc1nnc(N2CC[C@H]3C[C@H](C(=O)NCc4ccccn4)O[C@@H]3C2)s1.O=C(O)C(F)(F)F.O=C(O)C(F)(F)F. The highest BCUT2D eigenvalue weighted by Gasteiger charge is 2.42. The van der Waals surface area contributed by atoms with Crippen molar-refractivity contribution in [2.75, 3.05) is 18.0 Å². The second-order valence-electron chi connectivity index (χ2n) is 8.14. The Morgan fingerprint density at radius 1 is 1.10 bits per heavy atom. The van der Waals surface area contributed by atoms with Crippen LogP contribution in [0.2, 0.25) is 0 Å². The lowest BCUT2D eigenvalue weighted by atomic mass is 9.92. The van der Waals surface area contributed by atoms with Crippen LogP contribution in [0.25, 0.3) is 0 Å². The zero-order valence-corrected chi connectivity index (χ0v) is 20.9. The number of aliphatic carboxylic acids is 2. The first-order valence-corrected chi connectivity index (χ1v) is 11.9. The van der Waals surface area contributed by atoms with Crippen molar-refractivity contribution in [2.45, 2.75) is 50.9 Å². The van der Waals surface area contributed by atoms with Gasteiger partial charge in [-0.1, -0.05) is 17.4 Å². The van der Waals surface area contributed by atoms with E-state index in [1.165, 1.54) is 0 Å². The summed E-state index contributed by atoms with van der Waals surface area (Å²) >= 11 is 1.60. The largest absolute Gasteiger partial charge is 0.490 e. The van der Waals surface area contributed by atoms with Gasteiger partial charge in [-0.2, -0.15) is 26.3 Å². The molecule has 1 amide bonds. The maximum atomic E-state index is 12.4. The van der Waals surface area contributed by atoms with Gasteiger partial charge in [0.25, 0.3) is 0 Å². The number of anilines is 1. The lowest BCUT2D eigenvalue weighted by Crippen LogP contribution is -2.42. The molecule has 0 aromatic carbocycles. The number of fused-ring (bicyclic) bond motifs is 1. The molecule has 2 saturated heterocycles. The molecular weight excluding hydrogens is 564 g/mol. The Kier molecular flexibility index (Phi) is 11.0. The summed E-state index contributed by atoms with van der Waals surface area (Å²) in [5.74, 6) is -5.12. The number of carbonyl (C=O) groups is 3. The molecule has 3 atom stereocenters. The second-order valence-corrected chi connectivity index (χ2v) is 9.30. The number of piperidine rings is 1. The number of aryl methyl sites for hydroxylation is 1. The third kappa shape index (κ3) is 10.3. The molecule has 0 bridgehead atoms. The number of hydrogen-bond donors (Lipinski definition) is 3. The molecule has 2 fully saturated rings. The third-order valence-electron chi connectivity index (χ3n) is 5.29. The van der Waals surface area contributed by atoms with E-state index in [0.29, 0.717) is 12.5 Å². The number of amides is 1. The van der Waals surface area contributed by atoms with Crippen molar-refractivity contribution >= 4 is 34.3 Å². The van der Waals surface area contributed by atoms with Gasteiger partial charge in [-0.3, -0.25) is 9.78 Å². The molecule has 39 heavy (non-hydrogen) atoms. The molecule has 0 unspecified atom stereocenters. The Hall–Kier alpha value is -3.54. The minimum atomic E-state index is -5.08. The summed E-state index contributed by atoms with van der Waals surface area (Å²) in [6, 6.07) is 5.68. The van der Waals surface area contributed by atoms with Gasteiger partial charge in [0.05, 0.1) is 18.3 Å². The predicted molar refractivity (Wildman–Crippen MR) is 122 cm³/mol. The highest BCUT2D eigenvalue weighted by molar-refractivity contribution is 7.15. The van der Waals surface area contributed by atoms with Gasteiger partial charge in [-0.05, 0) is 37.8 Å². The van der Waals surface area contributed by atoms with E-state index in [-0.39, 0.29) is 18.1 Å². The highest BCUT2D eigenvalue weighted by atomic mass is 32.1. The normalized spacial score (nSPS) is 20.5. The zero-order valence-electron chi connectivity index (χ0n) is 20.1. The summed E-state index contributed by atoms with van der Waals surface area (Å²) in [5.41, 5.74) is 0.851. The number of nitrogens with zero attached hydrogens (tertiary/aromatic N) is 4. The standard InChI is InChI=1S/C17H21N5O2S.2C2HF3O2/c1-11-20-21-17(25-11)22-7-5-12-8-14(24-15(12)10-22)16(23)19-9-13-4-2-3-6-18-13;2*3-2(4,5)1(6)7/h2-4,6,12,14-15H,5,7-10H2,1H3,(H,19,23);2*(H,6,7)/t12-,14+,15+;;/m0../s1. The van der Waals surface area contributed by atoms with Crippen LogP contribution in [0.4, 0.5) is 31.5 Å². The molecule has 0 aliphatic carbocycles. The van der Waals surface area contributed by atoms with Crippen molar-refractivity contribution in [3.63, 3.8) is 0 Å². The van der Waals surface area contributed by atoms with E-state index in [9.17, 15) is 31.1 Å². The molecule has 4 heterocycles. The molecule has 18 heteroatoms. The van der Waals surface area contributed by atoms with Crippen LogP contribution in [-0.2, 0) is 25.7 Å². The Labute approximate surface area is 220 Å². The van der Waals surface area contributed by atoms with Crippen LogP contribution in [0.3, 0.4) is 0 Å². The lowest BCUT2D eigenvalue weighted by Gasteiger charge is -2.33. The van der Waals surface area contributed by atoms with E-state index in [1.54, 1.807) is 17.5 Å². The summed E-state index contributed by atoms with van der Waals surface area (Å²) in [7, 11) is 0. The van der Waals surface area contributed by atoms with E-state index < -0.39 is 24.3 Å². The smallest absolute Gasteiger partial charge is 0.475 e. The predicted octanol–water partition coefficient (Wildman–Crippen LogP) is 2.81. The van der Waals surface area contributed by atoms with Crippen molar-refractivity contribution in [3.8, 4) is 0 Å². The molecule has 216 valence electrons. The topological polar surface area (TPSA) is 155 Å². The molecule has 2 aliphatic heterocycles. The maximum absolute atomic E-state index is 12.4. The zero-order chi connectivity index (χ0) is 29.4. The first-order valence-electron chi connectivity index (χ1n) is 11.1. The van der Waals surface area contributed by atoms with Gasteiger partial charge in [-0.15, -0.1) is 10.2 Å². The molecule has 2 aromatic rings. The number of halogens is 6. The molecule has 0 saturated carbocycles. The molecule has 3 N–H and O–H groups in total.